The van der Waals surface area contributed by atoms with E-state index in [1.807, 2.05) is 13.8 Å². The van der Waals surface area contributed by atoms with Gasteiger partial charge in [-0.1, -0.05) is 13.8 Å². The van der Waals surface area contributed by atoms with Crippen molar-refractivity contribution in [2.24, 2.45) is 5.92 Å². The Bertz CT molecular complexity index is 185. The van der Waals surface area contributed by atoms with E-state index in [1.54, 1.807) is 7.11 Å². The highest BCUT2D eigenvalue weighted by Crippen LogP contribution is 2.10. The van der Waals surface area contributed by atoms with E-state index in [4.69, 9.17) is 14.2 Å². The summed E-state index contributed by atoms with van der Waals surface area (Å²) in [6.07, 6.45) is 0.853. The Kier molecular flexibility index (Phi) is 9.77. The maximum atomic E-state index is 11.3. The highest BCUT2D eigenvalue weighted by molar-refractivity contribution is 7.81. The van der Waals surface area contributed by atoms with Crippen molar-refractivity contribution in [1.29, 1.82) is 0 Å². The lowest BCUT2D eigenvalue weighted by molar-refractivity contribution is -0.145. The first kappa shape index (κ1) is 15.7. The quantitative estimate of drug-likeness (QED) is 0.383. The van der Waals surface area contributed by atoms with Gasteiger partial charge in [-0.05, 0) is 12.3 Å². The van der Waals surface area contributed by atoms with Gasteiger partial charge >= 0.3 is 5.97 Å². The molecular weight excluding hydrogens is 228 g/mol. The van der Waals surface area contributed by atoms with Crippen LogP contribution in [0.1, 0.15) is 20.3 Å². The zero-order chi connectivity index (χ0) is 12.4. The van der Waals surface area contributed by atoms with E-state index in [0.29, 0.717) is 19.8 Å². The van der Waals surface area contributed by atoms with Gasteiger partial charge < -0.3 is 14.2 Å². The number of esters is 1. The minimum Gasteiger partial charge on any atom is -0.462 e. The summed E-state index contributed by atoms with van der Waals surface area (Å²) in [5.74, 6) is -0.0997. The number of carbonyl (C=O) groups is 1. The summed E-state index contributed by atoms with van der Waals surface area (Å²) in [5, 5.41) is -0.353. The van der Waals surface area contributed by atoms with E-state index in [2.05, 4.69) is 12.6 Å². The summed E-state index contributed by atoms with van der Waals surface area (Å²) in [5.41, 5.74) is 0. The normalized spacial score (nSPS) is 12.8. The number of hydrogen-bond donors (Lipinski definition) is 1. The van der Waals surface area contributed by atoms with E-state index in [9.17, 15) is 4.79 Å². The molecule has 5 heteroatoms. The van der Waals surface area contributed by atoms with Gasteiger partial charge in [0.1, 0.15) is 11.9 Å². The lowest BCUT2D eigenvalue weighted by atomic mass is 10.1. The number of hydrogen-bond acceptors (Lipinski definition) is 5. The van der Waals surface area contributed by atoms with Crippen LogP contribution < -0.4 is 0 Å². The number of rotatable bonds is 9. The molecule has 16 heavy (non-hydrogen) atoms. The molecule has 0 aliphatic carbocycles. The highest BCUT2D eigenvalue weighted by atomic mass is 32.1. The van der Waals surface area contributed by atoms with Crippen LogP contribution in [0.2, 0.25) is 0 Å². The SMILES string of the molecule is COCCCOCCOC(=O)C(S)C(C)C. The van der Waals surface area contributed by atoms with Crippen LogP contribution in [0.5, 0.6) is 0 Å². The van der Waals surface area contributed by atoms with Crippen LogP contribution in [0.15, 0.2) is 0 Å². The summed E-state index contributed by atoms with van der Waals surface area (Å²) in [6.45, 7) is 5.88. The lowest BCUT2D eigenvalue weighted by Crippen LogP contribution is -2.24. The Morgan fingerprint density at radius 3 is 2.44 bits per heavy atom. The molecule has 0 spiro atoms. The van der Waals surface area contributed by atoms with Gasteiger partial charge in [0.05, 0.1) is 6.61 Å². The topological polar surface area (TPSA) is 44.8 Å². The summed E-state index contributed by atoms with van der Waals surface area (Å²) < 4.78 is 15.1. The molecule has 1 atom stereocenters. The zero-order valence-electron chi connectivity index (χ0n) is 10.3. The predicted molar refractivity (Wildman–Crippen MR) is 65.9 cm³/mol. The molecule has 0 rings (SSSR count). The molecule has 0 aliphatic heterocycles. The molecule has 0 fully saturated rings. The maximum Gasteiger partial charge on any atom is 0.319 e. The van der Waals surface area contributed by atoms with Gasteiger partial charge in [0.25, 0.3) is 0 Å². The van der Waals surface area contributed by atoms with Gasteiger partial charge in [0.2, 0.25) is 0 Å². The van der Waals surface area contributed by atoms with Gasteiger partial charge in [-0.15, -0.1) is 0 Å². The Labute approximate surface area is 103 Å². The predicted octanol–water partition coefficient (Wildman–Crippen LogP) is 1.54. The Morgan fingerprint density at radius 1 is 1.19 bits per heavy atom. The molecule has 0 saturated heterocycles. The molecule has 0 heterocycles. The molecule has 0 aromatic carbocycles. The summed E-state index contributed by atoms with van der Waals surface area (Å²) in [7, 11) is 1.65. The lowest BCUT2D eigenvalue weighted by Gasteiger charge is -2.13. The number of methoxy groups -OCH3 is 1. The molecule has 0 aromatic heterocycles. The molecule has 4 nitrogen and oxygen atoms in total. The first-order valence-electron chi connectivity index (χ1n) is 5.51. The smallest absolute Gasteiger partial charge is 0.319 e. The van der Waals surface area contributed by atoms with Crippen molar-refractivity contribution >= 4 is 18.6 Å². The highest BCUT2D eigenvalue weighted by Gasteiger charge is 2.18. The largest absolute Gasteiger partial charge is 0.462 e. The number of carbonyl (C=O) groups excluding carboxylic acids is 1. The number of ether oxygens (including phenoxy) is 3. The Balaban J connectivity index is 3.34. The van der Waals surface area contributed by atoms with E-state index in [1.165, 1.54) is 0 Å². The van der Waals surface area contributed by atoms with Crippen molar-refractivity contribution in [1.82, 2.24) is 0 Å². The molecule has 96 valence electrons. The average Bonchev–Trinajstić information content (AvgIpc) is 2.26. The molecule has 0 aromatic rings. The van der Waals surface area contributed by atoms with Gasteiger partial charge in [0.15, 0.2) is 0 Å². The molecule has 1 unspecified atom stereocenters. The first-order chi connectivity index (χ1) is 7.59. The van der Waals surface area contributed by atoms with Gasteiger partial charge in [0, 0.05) is 20.3 Å². The van der Waals surface area contributed by atoms with Crippen molar-refractivity contribution in [3.63, 3.8) is 0 Å². The van der Waals surface area contributed by atoms with Gasteiger partial charge in [-0.3, -0.25) is 4.79 Å². The Hall–Kier alpha value is -0.260. The van der Waals surface area contributed by atoms with E-state index in [0.717, 1.165) is 6.42 Å². The molecule has 0 amide bonds. The fraction of sp³-hybridized carbons (Fsp3) is 0.909. The second-order valence-corrected chi connectivity index (χ2v) is 4.37. The molecule has 0 aliphatic rings. The van der Waals surface area contributed by atoms with Crippen molar-refractivity contribution in [2.75, 3.05) is 33.5 Å². The van der Waals surface area contributed by atoms with E-state index in [-0.39, 0.29) is 23.7 Å². The fourth-order valence-corrected chi connectivity index (χ4v) is 1.04. The van der Waals surface area contributed by atoms with Crippen LogP contribution >= 0.6 is 12.6 Å². The molecule has 0 radical (unpaired) electrons. The van der Waals surface area contributed by atoms with Crippen LogP contribution in [0.3, 0.4) is 0 Å². The molecule has 0 saturated carbocycles. The maximum absolute atomic E-state index is 11.3. The third-order valence-corrected chi connectivity index (χ3v) is 2.79. The monoisotopic (exact) mass is 250 g/mol. The van der Waals surface area contributed by atoms with Crippen molar-refractivity contribution in [3.8, 4) is 0 Å². The summed E-state index contributed by atoms with van der Waals surface area (Å²) in [4.78, 5) is 11.3. The van der Waals surface area contributed by atoms with Crippen LogP contribution in [0.4, 0.5) is 0 Å². The van der Waals surface area contributed by atoms with Gasteiger partial charge in [-0.2, -0.15) is 12.6 Å². The standard InChI is InChI=1S/C11H22O4S/c1-9(2)10(16)11(12)15-8-7-14-6-4-5-13-3/h9-10,16H,4-8H2,1-3H3. The molecular formula is C11H22O4S. The van der Waals surface area contributed by atoms with Crippen molar-refractivity contribution in [2.45, 2.75) is 25.5 Å². The summed E-state index contributed by atoms with van der Waals surface area (Å²) in [6, 6.07) is 0. The Morgan fingerprint density at radius 2 is 1.88 bits per heavy atom. The van der Waals surface area contributed by atoms with Crippen molar-refractivity contribution < 1.29 is 19.0 Å². The first-order valence-corrected chi connectivity index (χ1v) is 6.02. The fourth-order valence-electron chi connectivity index (χ4n) is 0.966. The minimum atomic E-state index is -0.353. The van der Waals surface area contributed by atoms with Crippen LogP contribution in [-0.2, 0) is 19.0 Å². The second-order valence-electron chi connectivity index (χ2n) is 3.82. The second kappa shape index (κ2) is 9.93. The summed E-state index contributed by atoms with van der Waals surface area (Å²) >= 11 is 4.16. The van der Waals surface area contributed by atoms with Crippen LogP contribution in [-0.4, -0.2) is 44.8 Å². The van der Waals surface area contributed by atoms with Crippen LogP contribution in [0.25, 0.3) is 0 Å². The van der Waals surface area contributed by atoms with Crippen LogP contribution in [0, 0.1) is 5.92 Å². The average molecular weight is 250 g/mol. The molecule has 0 N–H and O–H groups in total. The zero-order valence-corrected chi connectivity index (χ0v) is 11.2. The van der Waals surface area contributed by atoms with E-state index < -0.39 is 0 Å². The van der Waals surface area contributed by atoms with E-state index >= 15 is 0 Å². The van der Waals surface area contributed by atoms with Crippen molar-refractivity contribution in [3.05, 3.63) is 0 Å². The molecule has 0 bridgehead atoms. The third-order valence-electron chi connectivity index (χ3n) is 1.98. The number of thiol groups is 1. The minimum absolute atomic E-state index is 0.179. The van der Waals surface area contributed by atoms with Gasteiger partial charge in [-0.25, -0.2) is 0 Å². The third kappa shape index (κ3) is 7.96.